The van der Waals surface area contributed by atoms with Gasteiger partial charge in [0.1, 0.15) is 0 Å². The van der Waals surface area contributed by atoms with Crippen molar-refractivity contribution in [3.8, 4) is 0 Å². The van der Waals surface area contributed by atoms with Gasteiger partial charge in [0.05, 0.1) is 13.5 Å². The molecule has 5 atom stereocenters. The first-order chi connectivity index (χ1) is 9.54. The zero-order valence-electron chi connectivity index (χ0n) is 12.7. The molecule has 0 spiro atoms. The molecule has 3 aliphatic carbocycles. The van der Waals surface area contributed by atoms with Crippen molar-refractivity contribution in [3.05, 3.63) is 0 Å². The standard InChI is InChI=1S/C16H25NO3/c1-9(2)17(7-6-12(18)20-3)16(19)15-13-10-4-5-11(8-10)14(13)15/h9-11,13-15H,4-8H2,1-3H3/t10-,11-,13-,14+,15?/m0/s1. The van der Waals surface area contributed by atoms with Crippen LogP contribution in [0.2, 0.25) is 0 Å². The summed E-state index contributed by atoms with van der Waals surface area (Å²) in [5.41, 5.74) is 0. The van der Waals surface area contributed by atoms with Crippen LogP contribution in [-0.2, 0) is 14.3 Å². The van der Waals surface area contributed by atoms with Crippen LogP contribution in [0.5, 0.6) is 0 Å². The molecule has 1 unspecified atom stereocenters. The number of fused-ring (bicyclic) bond motifs is 5. The van der Waals surface area contributed by atoms with Crippen molar-refractivity contribution in [1.82, 2.24) is 4.90 Å². The van der Waals surface area contributed by atoms with Gasteiger partial charge in [-0.1, -0.05) is 0 Å². The van der Waals surface area contributed by atoms with Gasteiger partial charge in [-0.3, -0.25) is 9.59 Å². The van der Waals surface area contributed by atoms with Gasteiger partial charge in [-0.2, -0.15) is 0 Å². The lowest BCUT2D eigenvalue weighted by molar-refractivity contribution is -0.142. The van der Waals surface area contributed by atoms with Gasteiger partial charge < -0.3 is 9.64 Å². The Morgan fingerprint density at radius 3 is 2.30 bits per heavy atom. The van der Waals surface area contributed by atoms with Crippen molar-refractivity contribution >= 4 is 11.9 Å². The molecular weight excluding hydrogens is 254 g/mol. The van der Waals surface area contributed by atoms with Crippen LogP contribution in [0, 0.1) is 29.6 Å². The Bertz CT molecular complexity index is 404. The number of hydrogen-bond acceptors (Lipinski definition) is 3. The van der Waals surface area contributed by atoms with E-state index in [4.69, 9.17) is 0 Å². The smallest absolute Gasteiger partial charge is 0.307 e. The molecule has 3 fully saturated rings. The predicted octanol–water partition coefficient (Wildman–Crippen LogP) is 2.08. The summed E-state index contributed by atoms with van der Waals surface area (Å²) >= 11 is 0. The molecule has 0 aromatic rings. The number of carbonyl (C=O) groups is 2. The molecule has 20 heavy (non-hydrogen) atoms. The lowest BCUT2D eigenvalue weighted by atomic mass is 10.0. The molecule has 3 saturated carbocycles. The maximum atomic E-state index is 12.8. The molecule has 3 rings (SSSR count). The highest BCUT2D eigenvalue weighted by molar-refractivity contribution is 5.83. The Kier molecular flexibility index (Phi) is 3.51. The van der Waals surface area contributed by atoms with Gasteiger partial charge >= 0.3 is 5.97 Å². The molecule has 0 heterocycles. The Morgan fingerprint density at radius 2 is 1.80 bits per heavy atom. The Balaban J connectivity index is 1.61. The van der Waals surface area contributed by atoms with E-state index >= 15 is 0 Å². The summed E-state index contributed by atoms with van der Waals surface area (Å²) in [5.74, 6) is 3.28. The number of methoxy groups -OCH3 is 1. The summed E-state index contributed by atoms with van der Waals surface area (Å²) in [4.78, 5) is 25.9. The summed E-state index contributed by atoms with van der Waals surface area (Å²) in [6, 6.07) is 0.158. The number of esters is 1. The molecule has 112 valence electrons. The van der Waals surface area contributed by atoms with Crippen molar-refractivity contribution < 1.29 is 14.3 Å². The van der Waals surface area contributed by atoms with Gasteiger partial charge in [0.15, 0.2) is 0 Å². The molecule has 0 aromatic carbocycles. The minimum Gasteiger partial charge on any atom is -0.469 e. The molecule has 0 radical (unpaired) electrons. The lowest BCUT2D eigenvalue weighted by Crippen LogP contribution is -2.40. The topological polar surface area (TPSA) is 46.6 Å². The minimum atomic E-state index is -0.237. The van der Waals surface area contributed by atoms with E-state index in [0.717, 1.165) is 11.8 Å². The van der Waals surface area contributed by atoms with E-state index < -0.39 is 0 Å². The summed E-state index contributed by atoms with van der Waals surface area (Å²) in [5, 5.41) is 0. The highest BCUT2D eigenvalue weighted by Crippen LogP contribution is 2.69. The monoisotopic (exact) mass is 279 g/mol. The van der Waals surface area contributed by atoms with Crippen molar-refractivity contribution in [1.29, 1.82) is 0 Å². The summed E-state index contributed by atoms with van der Waals surface area (Å²) < 4.78 is 4.68. The van der Waals surface area contributed by atoms with E-state index in [-0.39, 0.29) is 23.8 Å². The Morgan fingerprint density at radius 1 is 1.20 bits per heavy atom. The highest BCUT2D eigenvalue weighted by atomic mass is 16.5. The largest absolute Gasteiger partial charge is 0.469 e. The van der Waals surface area contributed by atoms with E-state index in [9.17, 15) is 9.59 Å². The predicted molar refractivity (Wildman–Crippen MR) is 74.8 cm³/mol. The third kappa shape index (κ3) is 2.13. The molecule has 2 bridgehead atoms. The fourth-order valence-corrected chi connectivity index (χ4v) is 4.78. The zero-order chi connectivity index (χ0) is 14.4. The maximum absolute atomic E-state index is 12.8. The number of rotatable bonds is 5. The zero-order valence-corrected chi connectivity index (χ0v) is 12.7. The molecule has 0 N–H and O–H groups in total. The van der Waals surface area contributed by atoms with E-state index in [1.54, 1.807) is 0 Å². The maximum Gasteiger partial charge on any atom is 0.307 e. The average Bonchev–Trinajstić information content (AvgIpc) is 2.86. The van der Waals surface area contributed by atoms with Crippen LogP contribution in [0.1, 0.15) is 39.5 Å². The van der Waals surface area contributed by atoms with Gasteiger partial charge in [0.25, 0.3) is 0 Å². The highest BCUT2D eigenvalue weighted by Gasteiger charge is 2.68. The quantitative estimate of drug-likeness (QED) is 0.724. The summed E-state index contributed by atoms with van der Waals surface area (Å²) in [6.45, 7) is 4.55. The second kappa shape index (κ2) is 5.05. The van der Waals surface area contributed by atoms with E-state index in [2.05, 4.69) is 4.74 Å². The van der Waals surface area contributed by atoms with Gasteiger partial charge in [0.2, 0.25) is 5.91 Å². The van der Waals surface area contributed by atoms with E-state index in [1.165, 1.54) is 26.4 Å². The Hall–Kier alpha value is -1.06. The normalized spacial score (nSPS) is 36.9. The minimum absolute atomic E-state index is 0.158. The van der Waals surface area contributed by atoms with E-state index in [0.29, 0.717) is 24.8 Å². The average molecular weight is 279 g/mol. The third-order valence-corrected chi connectivity index (χ3v) is 5.71. The van der Waals surface area contributed by atoms with Crippen LogP contribution < -0.4 is 0 Å². The first-order valence-corrected chi connectivity index (χ1v) is 7.92. The molecule has 0 saturated heterocycles. The molecule has 4 nitrogen and oxygen atoms in total. The summed E-state index contributed by atoms with van der Waals surface area (Å²) in [6.07, 6.45) is 4.33. The van der Waals surface area contributed by atoms with Gasteiger partial charge in [-0.15, -0.1) is 0 Å². The number of amides is 1. The number of nitrogens with zero attached hydrogens (tertiary/aromatic N) is 1. The SMILES string of the molecule is COC(=O)CCN(C(=O)C1[C@@H]2[C@H]3CC[C@@H](C3)[C@H]12)C(C)C. The van der Waals surface area contributed by atoms with Crippen molar-refractivity contribution in [2.75, 3.05) is 13.7 Å². The second-order valence-corrected chi connectivity index (χ2v) is 6.97. The molecule has 3 aliphatic rings. The van der Waals surface area contributed by atoms with Crippen LogP contribution in [-0.4, -0.2) is 36.5 Å². The molecule has 0 aliphatic heterocycles. The summed E-state index contributed by atoms with van der Waals surface area (Å²) in [7, 11) is 1.40. The number of hydrogen-bond donors (Lipinski definition) is 0. The second-order valence-electron chi connectivity index (χ2n) is 6.97. The molecule has 0 aromatic heterocycles. The lowest BCUT2D eigenvalue weighted by Gasteiger charge is -2.27. The third-order valence-electron chi connectivity index (χ3n) is 5.71. The van der Waals surface area contributed by atoms with Gasteiger partial charge in [-0.25, -0.2) is 0 Å². The number of carbonyl (C=O) groups excluding carboxylic acids is 2. The molecular formula is C16H25NO3. The van der Waals surface area contributed by atoms with Crippen molar-refractivity contribution in [2.45, 2.75) is 45.6 Å². The van der Waals surface area contributed by atoms with Crippen LogP contribution in [0.15, 0.2) is 0 Å². The fraction of sp³-hybridized carbons (Fsp3) is 0.875. The first-order valence-electron chi connectivity index (χ1n) is 7.92. The van der Waals surface area contributed by atoms with Crippen LogP contribution >= 0.6 is 0 Å². The Labute approximate surface area is 120 Å². The van der Waals surface area contributed by atoms with Crippen molar-refractivity contribution in [2.24, 2.45) is 29.6 Å². The molecule has 1 amide bonds. The molecule has 4 heteroatoms. The van der Waals surface area contributed by atoms with Gasteiger partial charge in [-0.05, 0) is 56.8 Å². The number of ether oxygens (including phenoxy) is 1. The van der Waals surface area contributed by atoms with Crippen LogP contribution in [0.25, 0.3) is 0 Å². The first kappa shape index (κ1) is 13.9. The van der Waals surface area contributed by atoms with Crippen LogP contribution in [0.3, 0.4) is 0 Å². The fourth-order valence-electron chi connectivity index (χ4n) is 4.78. The van der Waals surface area contributed by atoms with E-state index in [1.807, 2.05) is 18.7 Å². The van der Waals surface area contributed by atoms with Crippen molar-refractivity contribution in [3.63, 3.8) is 0 Å². The van der Waals surface area contributed by atoms with Crippen LogP contribution in [0.4, 0.5) is 0 Å². The van der Waals surface area contributed by atoms with Gasteiger partial charge in [0, 0.05) is 18.5 Å².